The van der Waals surface area contributed by atoms with Crippen LogP contribution in [0.25, 0.3) is 0 Å². The Kier molecular flexibility index (Phi) is 3.98. The first-order valence-corrected chi connectivity index (χ1v) is 5.96. The maximum absolute atomic E-state index is 12.8. The molecule has 0 atom stereocenters. The van der Waals surface area contributed by atoms with Gasteiger partial charge >= 0.3 is 6.18 Å². The van der Waals surface area contributed by atoms with Crippen LogP contribution in [0.1, 0.15) is 11.1 Å². The van der Waals surface area contributed by atoms with E-state index in [-0.39, 0.29) is 11.6 Å². The molecular weight excluding hydrogens is 281 g/mol. The molecule has 7 heteroatoms. The third-order valence-corrected chi connectivity index (χ3v) is 2.70. The molecule has 1 heterocycles. The van der Waals surface area contributed by atoms with E-state index in [2.05, 4.69) is 15.6 Å². The third-order valence-electron chi connectivity index (χ3n) is 2.70. The van der Waals surface area contributed by atoms with Gasteiger partial charge in [-0.3, -0.25) is 0 Å². The van der Waals surface area contributed by atoms with Gasteiger partial charge in [-0.15, -0.1) is 0 Å². The van der Waals surface area contributed by atoms with Gasteiger partial charge in [-0.25, -0.2) is 4.98 Å². The lowest BCUT2D eigenvalue weighted by molar-refractivity contribution is -0.137. The minimum Gasteiger partial charge on any atom is -0.373 e. The fourth-order valence-corrected chi connectivity index (χ4v) is 1.66. The van der Waals surface area contributed by atoms with Crippen LogP contribution in [0.15, 0.2) is 36.4 Å². The summed E-state index contributed by atoms with van der Waals surface area (Å²) in [5.74, 6) is 0.180. The summed E-state index contributed by atoms with van der Waals surface area (Å²) in [6.07, 6.45) is -4.45. The van der Waals surface area contributed by atoms with Crippen LogP contribution in [0.5, 0.6) is 0 Å². The number of nitriles is 1. The smallest absolute Gasteiger partial charge is 0.373 e. The second-order valence-electron chi connectivity index (χ2n) is 4.19. The summed E-state index contributed by atoms with van der Waals surface area (Å²) in [6, 6.07) is 10.1. The number of nitrogens with zero attached hydrogens (tertiary/aromatic N) is 2. The van der Waals surface area contributed by atoms with Crippen LogP contribution >= 0.6 is 0 Å². The van der Waals surface area contributed by atoms with Gasteiger partial charge in [0.2, 0.25) is 0 Å². The lowest BCUT2D eigenvalue weighted by Crippen LogP contribution is -2.08. The van der Waals surface area contributed by atoms with Gasteiger partial charge in [0.05, 0.1) is 17.2 Å². The molecule has 1 aromatic heterocycles. The van der Waals surface area contributed by atoms with Gasteiger partial charge in [0.15, 0.2) is 0 Å². The summed E-state index contributed by atoms with van der Waals surface area (Å²) in [4.78, 5) is 4.02. The van der Waals surface area contributed by atoms with E-state index in [9.17, 15) is 13.2 Å². The summed E-state index contributed by atoms with van der Waals surface area (Å²) in [7, 11) is 1.49. The Bertz CT molecular complexity index is 672. The Labute approximate surface area is 119 Å². The van der Waals surface area contributed by atoms with Crippen molar-refractivity contribution >= 4 is 17.3 Å². The standard InChI is InChI=1S/C14H11F3N4/c1-19-12-6-10(14(15,16)17)7-13(21-12)20-11-4-2-9(8-18)3-5-11/h2-7H,1H3,(H2,19,20,21). The highest BCUT2D eigenvalue weighted by molar-refractivity contribution is 5.60. The SMILES string of the molecule is CNc1cc(C(F)(F)F)cc(Nc2ccc(C#N)cc2)n1. The quantitative estimate of drug-likeness (QED) is 0.904. The first-order chi connectivity index (χ1) is 9.92. The van der Waals surface area contributed by atoms with Crippen molar-refractivity contribution in [2.75, 3.05) is 17.7 Å². The Morgan fingerprint density at radius 3 is 2.24 bits per heavy atom. The molecule has 2 rings (SSSR count). The highest BCUT2D eigenvalue weighted by atomic mass is 19.4. The van der Waals surface area contributed by atoms with Gasteiger partial charge in [0.25, 0.3) is 0 Å². The number of aromatic nitrogens is 1. The zero-order valence-electron chi connectivity index (χ0n) is 11.0. The Hall–Kier alpha value is -2.75. The molecular formula is C14H11F3N4. The van der Waals surface area contributed by atoms with Gasteiger partial charge in [0.1, 0.15) is 11.6 Å². The van der Waals surface area contributed by atoms with Crippen molar-refractivity contribution in [1.82, 2.24) is 4.98 Å². The molecule has 2 aromatic rings. The summed E-state index contributed by atoms with van der Waals surface area (Å²) < 4.78 is 38.4. The second kappa shape index (κ2) is 5.71. The summed E-state index contributed by atoms with van der Waals surface area (Å²) in [6.45, 7) is 0. The van der Waals surface area contributed by atoms with E-state index in [0.717, 1.165) is 12.1 Å². The maximum Gasteiger partial charge on any atom is 0.416 e. The van der Waals surface area contributed by atoms with Gasteiger partial charge < -0.3 is 10.6 Å². The fraction of sp³-hybridized carbons (Fsp3) is 0.143. The van der Waals surface area contributed by atoms with Gasteiger partial charge in [-0.2, -0.15) is 18.4 Å². The number of hydrogen-bond donors (Lipinski definition) is 2. The number of benzene rings is 1. The zero-order chi connectivity index (χ0) is 15.5. The molecule has 0 fully saturated rings. The number of alkyl halides is 3. The Morgan fingerprint density at radius 1 is 1.10 bits per heavy atom. The predicted molar refractivity (Wildman–Crippen MR) is 73.2 cm³/mol. The molecule has 4 nitrogen and oxygen atoms in total. The number of pyridine rings is 1. The van der Waals surface area contributed by atoms with Crippen molar-refractivity contribution < 1.29 is 13.2 Å². The molecule has 0 aliphatic carbocycles. The second-order valence-corrected chi connectivity index (χ2v) is 4.19. The van der Waals surface area contributed by atoms with E-state index in [1.54, 1.807) is 24.3 Å². The number of hydrogen-bond acceptors (Lipinski definition) is 4. The van der Waals surface area contributed by atoms with Crippen molar-refractivity contribution in [2.24, 2.45) is 0 Å². The van der Waals surface area contributed by atoms with E-state index in [1.165, 1.54) is 7.05 Å². The minimum atomic E-state index is -4.45. The van der Waals surface area contributed by atoms with Gasteiger partial charge in [-0.1, -0.05) is 0 Å². The molecule has 0 amide bonds. The number of nitrogens with one attached hydrogen (secondary N) is 2. The molecule has 0 unspecified atom stereocenters. The highest BCUT2D eigenvalue weighted by Crippen LogP contribution is 2.32. The largest absolute Gasteiger partial charge is 0.416 e. The van der Waals surface area contributed by atoms with Crippen LogP contribution in [0.4, 0.5) is 30.5 Å². The van der Waals surface area contributed by atoms with Crippen molar-refractivity contribution in [2.45, 2.75) is 6.18 Å². The zero-order valence-corrected chi connectivity index (χ0v) is 11.0. The van der Waals surface area contributed by atoms with Gasteiger partial charge in [-0.05, 0) is 36.4 Å². The molecule has 0 saturated heterocycles. The average Bonchev–Trinajstić information content (AvgIpc) is 2.46. The topological polar surface area (TPSA) is 60.7 Å². The van der Waals surface area contributed by atoms with Crippen LogP contribution in [-0.2, 0) is 6.18 Å². The Balaban J connectivity index is 2.32. The van der Waals surface area contributed by atoms with Crippen molar-refractivity contribution in [3.05, 3.63) is 47.5 Å². The first-order valence-electron chi connectivity index (χ1n) is 5.96. The monoisotopic (exact) mass is 292 g/mol. The summed E-state index contributed by atoms with van der Waals surface area (Å²) >= 11 is 0. The van der Waals surface area contributed by atoms with Crippen molar-refractivity contribution in [1.29, 1.82) is 5.26 Å². The Morgan fingerprint density at radius 2 is 1.71 bits per heavy atom. The highest BCUT2D eigenvalue weighted by Gasteiger charge is 2.31. The van der Waals surface area contributed by atoms with E-state index in [0.29, 0.717) is 11.3 Å². The van der Waals surface area contributed by atoms with Crippen LogP contribution in [-0.4, -0.2) is 12.0 Å². The number of halogens is 3. The molecule has 108 valence electrons. The van der Waals surface area contributed by atoms with Crippen molar-refractivity contribution in [3.63, 3.8) is 0 Å². The third kappa shape index (κ3) is 3.63. The van der Waals surface area contributed by atoms with E-state index in [1.807, 2.05) is 6.07 Å². The van der Waals surface area contributed by atoms with Crippen LogP contribution in [0, 0.1) is 11.3 Å². The molecule has 21 heavy (non-hydrogen) atoms. The van der Waals surface area contributed by atoms with Crippen molar-refractivity contribution in [3.8, 4) is 6.07 Å². The number of rotatable bonds is 3. The lowest BCUT2D eigenvalue weighted by atomic mass is 10.2. The molecule has 0 aliphatic rings. The molecule has 0 bridgehead atoms. The molecule has 0 saturated carbocycles. The van der Waals surface area contributed by atoms with E-state index in [4.69, 9.17) is 5.26 Å². The molecule has 0 aliphatic heterocycles. The maximum atomic E-state index is 12.8. The van der Waals surface area contributed by atoms with Gasteiger partial charge in [0, 0.05) is 12.7 Å². The fourth-order valence-electron chi connectivity index (χ4n) is 1.66. The van der Waals surface area contributed by atoms with Crippen LogP contribution in [0.3, 0.4) is 0 Å². The molecule has 2 N–H and O–H groups in total. The van der Waals surface area contributed by atoms with Crippen LogP contribution < -0.4 is 10.6 Å². The van der Waals surface area contributed by atoms with E-state index < -0.39 is 11.7 Å². The normalized spacial score (nSPS) is 10.8. The minimum absolute atomic E-state index is 0.0684. The summed E-state index contributed by atoms with van der Waals surface area (Å²) in [5.41, 5.74) is 0.217. The molecule has 1 aromatic carbocycles. The summed E-state index contributed by atoms with van der Waals surface area (Å²) in [5, 5.41) is 14.1. The van der Waals surface area contributed by atoms with Crippen LogP contribution in [0.2, 0.25) is 0 Å². The first kappa shape index (κ1) is 14.7. The lowest BCUT2D eigenvalue weighted by Gasteiger charge is -2.12. The molecule has 0 spiro atoms. The van der Waals surface area contributed by atoms with E-state index >= 15 is 0 Å². The average molecular weight is 292 g/mol. The molecule has 0 radical (unpaired) electrons. The number of anilines is 3. The predicted octanol–water partition coefficient (Wildman–Crippen LogP) is 3.76.